The fourth-order valence-corrected chi connectivity index (χ4v) is 3.77. The van der Waals surface area contributed by atoms with Gasteiger partial charge in [-0.3, -0.25) is 4.79 Å². The van der Waals surface area contributed by atoms with Crippen LogP contribution < -0.4 is 0 Å². The van der Waals surface area contributed by atoms with Gasteiger partial charge in [0.1, 0.15) is 5.76 Å². The highest BCUT2D eigenvalue weighted by Crippen LogP contribution is 2.26. The molecule has 2 aromatic heterocycles. The fourth-order valence-electron chi connectivity index (χ4n) is 2.97. The molecule has 0 saturated carbocycles. The first-order valence-electron chi connectivity index (χ1n) is 7.94. The molecule has 1 aliphatic rings. The predicted octanol–water partition coefficient (Wildman–Crippen LogP) is 2.88. The van der Waals surface area contributed by atoms with Crippen LogP contribution in [0.2, 0.25) is 0 Å². The predicted molar refractivity (Wildman–Crippen MR) is 89.2 cm³/mol. The molecule has 0 aromatic carbocycles. The minimum Gasteiger partial charge on any atom is -0.469 e. The van der Waals surface area contributed by atoms with E-state index in [2.05, 4.69) is 17.1 Å². The van der Waals surface area contributed by atoms with Gasteiger partial charge in [0.05, 0.1) is 17.6 Å². The van der Waals surface area contributed by atoms with Gasteiger partial charge in [-0.05, 0) is 39.2 Å². The third kappa shape index (κ3) is 3.29. The van der Waals surface area contributed by atoms with Crippen LogP contribution in [-0.4, -0.2) is 43.9 Å². The van der Waals surface area contributed by atoms with Crippen molar-refractivity contribution in [2.75, 3.05) is 12.3 Å². The van der Waals surface area contributed by atoms with Crippen LogP contribution in [0.25, 0.3) is 11.4 Å². The molecule has 0 aliphatic carbocycles. The van der Waals surface area contributed by atoms with Crippen LogP contribution in [0.3, 0.4) is 0 Å². The summed E-state index contributed by atoms with van der Waals surface area (Å²) in [4.78, 5) is 14.4. The van der Waals surface area contributed by atoms with E-state index in [1.807, 2.05) is 29.5 Å². The molecule has 2 aromatic rings. The normalized spacial score (nSPS) is 18.4. The standard InChI is InChI=1S/C16H22N4O2S/c1-11-6-4-5-8-20(11)14(21)10-23-16-18-17-15(19(16)3)13-7-9-22-12(13)2/h7,9,11H,4-6,8,10H2,1-3H3. The highest BCUT2D eigenvalue weighted by Gasteiger charge is 2.24. The second kappa shape index (κ2) is 6.78. The lowest BCUT2D eigenvalue weighted by atomic mass is 10.0. The second-order valence-electron chi connectivity index (χ2n) is 5.98. The zero-order valence-corrected chi connectivity index (χ0v) is 14.6. The van der Waals surface area contributed by atoms with Gasteiger partial charge in [0.15, 0.2) is 11.0 Å². The topological polar surface area (TPSA) is 64.2 Å². The molecule has 1 aliphatic heterocycles. The zero-order valence-electron chi connectivity index (χ0n) is 13.8. The summed E-state index contributed by atoms with van der Waals surface area (Å²) in [5.74, 6) is 2.17. The number of hydrogen-bond acceptors (Lipinski definition) is 5. The number of piperidine rings is 1. The fraction of sp³-hybridized carbons (Fsp3) is 0.562. The summed E-state index contributed by atoms with van der Waals surface area (Å²) in [6.45, 7) is 4.90. The van der Waals surface area contributed by atoms with Gasteiger partial charge >= 0.3 is 0 Å². The van der Waals surface area contributed by atoms with Crippen molar-refractivity contribution in [2.24, 2.45) is 7.05 Å². The smallest absolute Gasteiger partial charge is 0.233 e. The van der Waals surface area contributed by atoms with E-state index in [1.54, 1.807) is 6.26 Å². The molecule has 0 N–H and O–H groups in total. The Morgan fingerprint density at radius 1 is 1.43 bits per heavy atom. The van der Waals surface area contributed by atoms with Crippen LogP contribution in [0, 0.1) is 6.92 Å². The van der Waals surface area contributed by atoms with Crippen LogP contribution in [0.1, 0.15) is 31.9 Å². The molecule has 1 amide bonds. The second-order valence-corrected chi connectivity index (χ2v) is 6.92. The van der Waals surface area contributed by atoms with Gasteiger partial charge in [0.25, 0.3) is 0 Å². The number of furan rings is 1. The molecule has 1 fully saturated rings. The van der Waals surface area contributed by atoms with Crippen molar-refractivity contribution in [3.8, 4) is 11.4 Å². The van der Waals surface area contributed by atoms with Crippen molar-refractivity contribution < 1.29 is 9.21 Å². The molecule has 3 heterocycles. The first-order chi connectivity index (χ1) is 11.1. The van der Waals surface area contributed by atoms with Crippen molar-refractivity contribution in [1.82, 2.24) is 19.7 Å². The number of hydrogen-bond donors (Lipinski definition) is 0. The number of nitrogens with zero attached hydrogens (tertiary/aromatic N) is 4. The average molecular weight is 334 g/mol. The first-order valence-corrected chi connectivity index (χ1v) is 8.92. The lowest BCUT2D eigenvalue weighted by Crippen LogP contribution is -2.42. The van der Waals surface area contributed by atoms with Crippen molar-refractivity contribution in [1.29, 1.82) is 0 Å². The average Bonchev–Trinajstić information content (AvgIpc) is 3.11. The number of amides is 1. The number of thioether (sulfide) groups is 1. The van der Waals surface area contributed by atoms with Crippen molar-refractivity contribution in [2.45, 2.75) is 44.3 Å². The Kier molecular flexibility index (Phi) is 4.75. The maximum absolute atomic E-state index is 12.4. The highest BCUT2D eigenvalue weighted by atomic mass is 32.2. The Morgan fingerprint density at radius 3 is 2.96 bits per heavy atom. The first kappa shape index (κ1) is 16.1. The van der Waals surface area contributed by atoms with E-state index in [4.69, 9.17) is 4.42 Å². The Morgan fingerprint density at radius 2 is 2.26 bits per heavy atom. The number of aryl methyl sites for hydroxylation is 1. The van der Waals surface area contributed by atoms with E-state index < -0.39 is 0 Å². The van der Waals surface area contributed by atoms with Crippen LogP contribution >= 0.6 is 11.8 Å². The Balaban J connectivity index is 1.66. The Bertz CT molecular complexity index is 694. The monoisotopic (exact) mass is 334 g/mol. The quantitative estimate of drug-likeness (QED) is 0.805. The summed E-state index contributed by atoms with van der Waals surface area (Å²) >= 11 is 1.44. The zero-order chi connectivity index (χ0) is 16.4. The molecule has 1 saturated heterocycles. The largest absolute Gasteiger partial charge is 0.469 e. The highest BCUT2D eigenvalue weighted by molar-refractivity contribution is 7.99. The molecular formula is C16H22N4O2S. The summed E-state index contributed by atoms with van der Waals surface area (Å²) in [7, 11) is 1.91. The third-order valence-corrected chi connectivity index (χ3v) is 5.39. The van der Waals surface area contributed by atoms with Crippen LogP contribution in [0.5, 0.6) is 0 Å². The van der Waals surface area contributed by atoms with E-state index in [-0.39, 0.29) is 5.91 Å². The van der Waals surface area contributed by atoms with E-state index in [9.17, 15) is 4.79 Å². The number of likely N-dealkylation sites (tertiary alicyclic amines) is 1. The van der Waals surface area contributed by atoms with E-state index in [0.717, 1.165) is 41.7 Å². The molecule has 23 heavy (non-hydrogen) atoms. The SMILES string of the molecule is Cc1occc1-c1nnc(SCC(=O)N2CCCCC2C)n1C. The molecule has 124 valence electrons. The molecule has 0 spiro atoms. The van der Waals surface area contributed by atoms with Crippen LogP contribution in [-0.2, 0) is 11.8 Å². The number of carbonyl (C=O) groups excluding carboxylic acids is 1. The summed E-state index contributed by atoms with van der Waals surface area (Å²) in [6, 6.07) is 2.23. The molecule has 6 nitrogen and oxygen atoms in total. The lowest BCUT2D eigenvalue weighted by Gasteiger charge is -2.33. The van der Waals surface area contributed by atoms with Crippen molar-refractivity contribution in [3.63, 3.8) is 0 Å². The summed E-state index contributed by atoms with van der Waals surface area (Å²) in [6.07, 6.45) is 5.07. The van der Waals surface area contributed by atoms with Crippen molar-refractivity contribution >= 4 is 17.7 Å². The number of rotatable bonds is 4. The van der Waals surface area contributed by atoms with Gasteiger partial charge in [-0.2, -0.15) is 0 Å². The summed E-state index contributed by atoms with van der Waals surface area (Å²) in [5.41, 5.74) is 0.933. The van der Waals surface area contributed by atoms with Gasteiger partial charge in [0.2, 0.25) is 5.91 Å². The lowest BCUT2D eigenvalue weighted by molar-refractivity contribution is -0.131. The minimum atomic E-state index is 0.186. The van der Waals surface area contributed by atoms with Crippen LogP contribution in [0.4, 0.5) is 0 Å². The summed E-state index contributed by atoms with van der Waals surface area (Å²) in [5, 5.41) is 9.19. The summed E-state index contributed by atoms with van der Waals surface area (Å²) < 4.78 is 7.24. The minimum absolute atomic E-state index is 0.186. The van der Waals surface area contributed by atoms with Crippen molar-refractivity contribution in [3.05, 3.63) is 18.1 Å². The van der Waals surface area contributed by atoms with Crippen LogP contribution in [0.15, 0.2) is 21.9 Å². The molecule has 1 unspecified atom stereocenters. The van der Waals surface area contributed by atoms with E-state index in [0.29, 0.717) is 11.8 Å². The maximum Gasteiger partial charge on any atom is 0.233 e. The molecule has 7 heteroatoms. The Hall–Kier alpha value is -1.76. The molecule has 1 atom stereocenters. The Labute approximate surface area is 140 Å². The third-order valence-electron chi connectivity index (χ3n) is 4.38. The van der Waals surface area contributed by atoms with Gasteiger partial charge in [-0.25, -0.2) is 0 Å². The van der Waals surface area contributed by atoms with Gasteiger partial charge in [-0.1, -0.05) is 11.8 Å². The molecular weight excluding hydrogens is 312 g/mol. The molecule has 0 radical (unpaired) electrons. The van der Waals surface area contributed by atoms with E-state index in [1.165, 1.54) is 18.2 Å². The van der Waals surface area contributed by atoms with Gasteiger partial charge < -0.3 is 13.9 Å². The van der Waals surface area contributed by atoms with E-state index >= 15 is 0 Å². The molecule has 0 bridgehead atoms. The molecule has 3 rings (SSSR count). The number of aromatic nitrogens is 3. The number of carbonyl (C=O) groups is 1. The maximum atomic E-state index is 12.4. The van der Waals surface area contributed by atoms with Gasteiger partial charge in [-0.15, -0.1) is 10.2 Å². The van der Waals surface area contributed by atoms with Gasteiger partial charge in [0, 0.05) is 19.6 Å².